The third-order valence-corrected chi connectivity index (χ3v) is 4.44. The number of nitrogens with zero attached hydrogens (tertiary/aromatic N) is 3. The molecule has 3 aromatic rings. The third kappa shape index (κ3) is 2.47. The van der Waals surface area contributed by atoms with E-state index in [4.69, 9.17) is 0 Å². The number of hydrogen-bond acceptors (Lipinski definition) is 4. The van der Waals surface area contributed by atoms with E-state index in [0.717, 1.165) is 5.39 Å². The summed E-state index contributed by atoms with van der Waals surface area (Å²) in [5.74, 6) is 0. The number of aryl methyl sites for hydroxylation is 1. The average Bonchev–Trinajstić information content (AvgIpc) is 2.97. The molecular formula is C14H14N4O2S. The molecule has 21 heavy (non-hydrogen) atoms. The van der Waals surface area contributed by atoms with Crippen LogP contribution in [0.15, 0.2) is 54.1 Å². The number of benzene rings is 1. The van der Waals surface area contributed by atoms with Gasteiger partial charge in [0.1, 0.15) is 0 Å². The minimum absolute atomic E-state index is 0.00191. The van der Waals surface area contributed by atoms with Crippen molar-refractivity contribution in [1.29, 1.82) is 0 Å². The summed E-state index contributed by atoms with van der Waals surface area (Å²) in [7, 11) is -3.74. The van der Waals surface area contributed by atoms with E-state index in [9.17, 15) is 8.42 Å². The molecule has 0 atom stereocenters. The van der Waals surface area contributed by atoms with Gasteiger partial charge in [-0.15, -0.1) is 0 Å². The third-order valence-electron chi connectivity index (χ3n) is 3.14. The Hall–Kier alpha value is -2.41. The molecule has 0 spiro atoms. The van der Waals surface area contributed by atoms with Crippen LogP contribution in [-0.2, 0) is 16.6 Å². The maximum absolute atomic E-state index is 12.5. The number of rotatable bonds is 4. The first kappa shape index (κ1) is 13.6. The van der Waals surface area contributed by atoms with E-state index < -0.39 is 10.0 Å². The molecule has 3 rings (SSSR count). The Balaban J connectivity index is 2.06. The number of imidazole rings is 1. The first-order valence-corrected chi connectivity index (χ1v) is 7.98. The van der Waals surface area contributed by atoms with Gasteiger partial charge in [-0.2, -0.15) is 8.42 Å². The predicted octanol–water partition coefficient (Wildman–Crippen LogP) is 2.25. The molecule has 0 aliphatic carbocycles. The van der Waals surface area contributed by atoms with Crippen LogP contribution >= 0.6 is 0 Å². The van der Waals surface area contributed by atoms with Gasteiger partial charge in [-0.05, 0) is 19.1 Å². The maximum Gasteiger partial charge on any atom is 0.295 e. The fourth-order valence-corrected chi connectivity index (χ4v) is 3.40. The summed E-state index contributed by atoms with van der Waals surface area (Å²) in [5.41, 5.74) is 1.05. The van der Waals surface area contributed by atoms with Gasteiger partial charge in [0.25, 0.3) is 10.0 Å². The highest BCUT2D eigenvalue weighted by atomic mass is 32.2. The molecule has 0 saturated heterocycles. The molecule has 0 unspecified atom stereocenters. The lowest BCUT2D eigenvalue weighted by Gasteiger charge is -2.10. The molecular weight excluding hydrogens is 288 g/mol. The minimum atomic E-state index is -3.74. The van der Waals surface area contributed by atoms with Crippen molar-refractivity contribution >= 4 is 26.6 Å². The highest BCUT2D eigenvalue weighted by Crippen LogP contribution is 2.23. The van der Waals surface area contributed by atoms with Gasteiger partial charge in [0, 0.05) is 30.5 Å². The van der Waals surface area contributed by atoms with Crippen LogP contribution in [0.3, 0.4) is 0 Å². The maximum atomic E-state index is 12.5. The van der Waals surface area contributed by atoms with Crippen LogP contribution in [0.4, 0.5) is 5.69 Å². The van der Waals surface area contributed by atoms with Gasteiger partial charge in [0.2, 0.25) is 5.16 Å². The van der Waals surface area contributed by atoms with Crippen molar-refractivity contribution in [2.24, 2.45) is 0 Å². The van der Waals surface area contributed by atoms with Crippen molar-refractivity contribution in [3.63, 3.8) is 0 Å². The normalized spacial score (nSPS) is 11.7. The van der Waals surface area contributed by atoms with E-state index in [2.05, 4.69) is 14.7 Å². The monoisotopic (exact) mass is 302 g/mol. The van der Waals surface area contributed by atoms with Crippen LogP contribution in [-0.4, -0.2) is 23.0 Å². The fraction of sp³-hybridized carbons (Fsp3) is 0.143. The number of nitrogens with one attached hydrogen (secondary N) is 1. The summed E-state index contributed by atoms with van der Waals surface area (Å²) >= 11 is 0. The molecule has 0 amide bonds. The minimum Gasteiger partial charge on any atom is -0.321 e. The molecule has 108 valence electrons. The summed E-state index contributed by atoms with van der Waals surface area (Å²) in [4.78, 5) is 8.16. The van der Waals surface area contributed by atoms with Crippen molar-refractivity contribution in [3.8, 4) is 0 Å². The zero-order valence-electron chi connectivity index (χ0n) is 11.4. The smallest absolute Gasteiger partial charge is 0.295 e. The molecule has 6 nitrogen and oxygen atoms in total. The van der Waals surface area contributed by atoms with Crippen LogP contribution in [0.5, 0.6) is 0 Å². The Morgan fingerprint density at radius 3 is 2.76 bits per heavy atom. The van der Waals surface area contributed by atoms with Gasteiger partial charge in [0.15, 0.2) is 0 Å². The number of aromatic nitrogens is 3. The number of para-hydroxylation sites is 1. The molecule has 0 bridgehead atoms. The first-order chi connectivity index (χ1) is 10.1. The van der Waals surface area contributed by atoms with Gasteiger partial charge < -0.3 is 4.57 Å². The van der Waals surface area contributed by atoms with Crippen molar-refractivity contribution in [3.05, 3.63) is 48.9 Å². The second kappa shape index (κ2) is 5.17. The molecule has 7 heteroatoms. The van der Waals surface area contributed by atoms with E-state index in [0.29, 0.717) is 17.7 Å². The zero-order valence-corrected chi connectivity index (χ0v) is 12.2. The van der Waals surface area contributed by atoms with Crippen molar-refractivity contribution in [1.82, 2.24) is 14.5 Å². The number of anilines is 1. The van der Waals surface area contributed by atoms with E-state index in [1.165, 1.54) is 6.20 Å². The SMILES string of the molecule is CCn1ccnc1S(=O)(=O)Nc1cccc2cccnc12. The van der Waals surface area contributed by atoms with E-state index in [-0.39, 0.29) is 5.16 Å². The van der Waals surface area contributed by atoms with Crippen molar-refractivity contribution in [2.45, 2.75) is 18.6 Å². The summed E-state index contributed by atoms with van der Waals surface area (Å²) in [5, 5.41) is 0.870. The Labute approximate surface area is 122 Å². The Bertz CT molecular complexity index is 881. The predicted molar refractivity (Wildman–Crippen MR) is 80.5 cm³/mol. The Morgan fingerprint density at radius 2 is 1.95 bits per heavy atom. The molecule has 0 aliphatic rings. The molecule has 0 radical (unpaired) electrons. The number of hydrogen-bond donors (Lipinski definition) is 1. The molecule has 0 aliphatic heterocycles. The van der Waals surface area contributed by atoms with Crippen LogP contribution < -0.4 is 4.72 Å². The molecule has 1 aromatic carbocycles. The zero-order chi connectivity index (χ0) is 14.9. The summed E-state index contributed by atoms with van der Waals surface area (Å²) in [6.45, 7) is 2.39. The second-order valence-corrected chi connectivity index (χ2v) is 6.06. The molecule has 0 saturated carbocycles. The lowest BCUT2D eigenvalue weighted by atomic mass is 10.2. The summed E-state index contributed by atoms with van der Waals surface area (Å²) in [6.07, 6.45) is 4.74. The van der Waals surface area contributed by atoms with Gasteiger partial charge in [-0.1, -0.05) is 18.2 Å². The van der Waals surface area contributed by atoms with Gasteiger partial charge >= 0.3 is 0 Å². The second-order valence-electron chi connectivity index (χ2n) is 4.48. The standard InChI is InChI=1S/C14H14N4O2S/c1-2-18-10-9-16-14(18)21(19,20)17-12-7-3-5-11-6-4-8-15-13(11)12/h3-10,17H,2H2,1H3. The van der Waals surface area contributed by atoms with Crippen LogP contribution in [0.25, 0.3) is 10.9 Å². The van der Waals surface area contributed by atoms with Crippen molar-refractivity contribution in [2.75, 3.05) is 4.72 Å². The average molecular weight is 302 g/mol. The van der Waals surface area contributed by atoms with E-state index in [1.54, 1.807) is 29.1 Å². The van der Waals surface area contributed by atoms with Gasteiger partial charge in [-0.3, -0.25) is 9.71 Å². The van der Waals surface area contributed by atoms with Crippen molar-refractivity contribution < 1.29 is 8.42 Å². The highest BCUT2D eigenvalue weighted by molar-refractivity contribution is 7.92. The fourth-order valence-electron chi connectivity index (χ4n) is 2.16. The molecule has 0 fully saturated rings. The quantitative estimate of drug-likeness (QED) is 0.802. The summed E-state index contributed by atoms with van der Waals surface area (Å²) in [6, 6.07) is 9.05. The number of pyridine rings is 1. The molecule has 1 N–H and O–H groups in total. The lowest BCUT2D eigenvalue weighted by molar-refractivity contribution is 0.574. The number of fused-ring (bicyclic) bond motifs is 1. The molecule has 2 heterocycles. The van der Waals surface area contributed by atoms with Crippen LogP contribution in [0.2, 0.25) is 0 Å². The number of sulfonamides is 1. The Morgan fingerprint density at radius 1 is 1.14 bits per heavy atom. The highest BCUT2D eigenvalue weighted by Gasteiger charge is 2.21. The van der Waals surface area contributed by atoms with Crippen LogP contribution in [0, 0.1) is 0 Å². The van der Waals surface area contributed by atoms with E-state index in [1.807, 2.05) is 25.1 Å². The lowest BCUT2D eigenvalue weighted by Crippen LogP contribution is -2.18. The van der Waals surface area contributed by atoms with Gasteiger partial charge in [-0.25, -0.2) is 4.98 Å². The Kier molecular flexibility index (Phi) is 3.34. The summed E-state index contributed by atoms with van der Waals surface area (Å²) < 4.78 is 29.1. The molecule has 2 aromatic heterocycles. The topological polar surface area (TPSA) is 76.9 Å². The van der Waals surface area contributed by atoms with E-state index >= 15 is 0 Å². The van der Waals surface area contributed by atoms with Crippen LogP contribution in [0.1, 0.15) is 6.92 Å². The first-order valence-electron chi connectivity index (χ1n) is 6.49. The van der Waals surface area contributed by atoms with Gasteiger partial charge in [0.05, 0.1) is 11.2 Å². The largest absolute Gasteiger partial charge is 0.321 e.